The van der Waals surface area contributed by atoms with Crippen molar-refractivity contribution in [2.45, 2.75) is 64.3 Å². The zero-order valence-corrected chi connectivity index (χ0v) is 15.2. The third-order valence-corrected chi connectivity index (χ3v) is 4.48. The van der Waals surface area contributed by atoms with Gasteiger partial charge in [0.1, 0.15) is 0 Å². The Kier molecular flexibility index (Phi) is 8.64. The summed E-state index contributed by atoms with van der Waals surface area (Å²) in [6.07, 6.45) is 18.5. The van der Waals surface area contributed by atoms with E-state index in [9.17, 15) is 4.79 Å². The van der Waals surface area contributed by atoms with E-state index in [1.165, 1.54) is 51.4 Å². The molecule has 0 fully saturated rings. The minimum Gasteiger partial charge on any atom is -0.286 e. The normalized spacial score (nSPS) is 12.8. The summed E-state index contributed by atoms with van der Waals surface area (Å²) in [5.41, 5.74) is 3.86. The summed E-state index contributed by atoms with van der Waals surface area (Å²) in [5, 5.41) is 8.02. The summed E-state index contributed by atoms with van der Waals surface area (Å²) >= 11 is 4.23. The molecular weight excluding hydrogens is 318 g/mol. The predicted molar refractivity (Wildman–Crippen MR) is 100 cm³/mol. The minimum atomic E-state index is -0.107. The van der Waals surface area contributed by atoms with Crippen LogP contribution in [-0.2, 0) is 6.54 Å². The fourth-order valence-corrected chi connectivity index (χ4v) is 2.97. The number of hydrogen-bond donors (Lipinski definition) is 1. The first-order chi connectivity index (χ1) is 11.8. The molecule has 0 atom stereocenters. The van der Waals surface area contributed by atoms with Gasteiger partial charge in [-0.1, -0.05) is 56.2 Å². The Morgan fingerprint density at radius 1 is 1.04 bits per heavy atom. The van der Waals surface area contributed by atoms with Crippen LogP contribution in [0.25, 0.3) is 0 Å². The zero-order valence-electron chi connectivity index (χ0n) is 14.3. The predicted octanol–water partition coefficient (Wildman–Crippen LogP) is 4.55. The number of aryl methyl sites for hydroxylation is 1. The molecule has 0 bridgehead atoms. The Hall–Kier alpha value is -1.58. The summed E-state index contributed by atoms with van der Waals surface area (Å²) in [7, 11) is 0. The van der Waals surface area contributed by atoms with Gasteiger partial charge in [-0.25, -0.2) is 0 Å². The molecular formula is C19H27N3OS. The van der Waals surface area contributed by atoms with Crippen LogP contribution in [0, 0.1) is 0 Å². The highest BCUT2D eigenvalue weighted by molar-refractivity contribution is 7.80. The third-order valence-electron chi connectivity index (χ3n) is 4.16. The van der Waals surface area contributed by atoms with Gasteiger partial charge in [0.05, 0.1) is 11.8 Å². The molecule has 24 heavy (non-hydrogen) atoms. The van der Waals surface area contributed by atoms with E-state index in [0.29, 0.717) is 11.3 Å². The molecule has 130 valence electrons. The van der Waals surface area contributed by atoms with Gasteiger partial charge >= 0.3 is 0 Å². The summed E-state index contributed by atoms with van der Waals surface area (Å²) in [5.74, 6) is 0.907. The van der Waals surface area contributed by atoms with E-state index in [2.05, 4.69) is 28.7 Å². The van der Waals surface area contributed by atoms with E-state index in [1.54, 1.807) is 29.1 Å². The second-order valence-corrected chi connectivity index (χ2v) is 6.63. The molecule has 1 aromatic rings. The van der Waals surface area contributed by atoms with Gasteiger partial charge in [0.2, 0.25) is 5.78 Å². The number of aromatic nitrogens is 3. The van der Waals surface area contributed by atoms with Crippen molar-refractivity contribution in [1.29, 1.82) is 0 Å². The molecule has 0 saturated carbocycles. The SMILES string of the molecule is O=C(C1=C=CC=C1)c1cn(CCCCCCCCCCCS)nn1. The van der Waals surface area contributed by atoms with Crippen LogP contribution in [0.3, 0.4) is 0 Å². The van der Waals surface area contributed by atoms with Crippen LogP contribution < -0.4 is 0 Å². The van der Waals surface area contributed by atoms with E-state index in [-0.39, 0.29) is 5.78 Å². The lowest BCUT2D eigenvalue weighted by atomic mass is 10.1. The van der Waals surface area contributed by atoms with Gasteiger partial charge in [-0.3, -0.25) is 9.48 Å². The maximum absolute atomic E-state index is 12.1. The number of thiol groups is 1. The molecule has 0 aliphatic heterocycles. The first-order valence-corrected chi connectivity index (χ1v) is 9.63. The highest BCUT2D eigenvalue weighted by Crippen LogP contribution is 2.12. The second-order valence-electron chi connectivity index (χ2n) is 6.19. The average Bonchev–Trinajstić information content (AvgIpc) is 3.28. The molecule has 1 aliphatic carbocycles. The van der Waals surface area contributed by atoms with Crippen LogP contribution in [0.5, 0.6) is 0 Å². The summed E-state index contributed by atoms with van der Waals surface area (Å²) in [6, 6.07) is 0. The standard InChI is InChI=1S/C19H27N3OS/c23-19(17-12-8-9-13-17)18-16-22(21-20-18)14-10-6-4-2-1-3-5-7-11-15-24/h8-9,12,16,24H,1-7,10-11,14-15H2. The number of allylic oxidation sites excluding steroid dienone is 3. The van der Waals surface area contributed by atoms with Crippen molar-refractivity contribution in [2.75, 3.05) is 5.75 Å². The largest absolute Gasteiger partial charge is 0.286 e. The van der Waals surface area contributed by atoms with E-state index in [4.69, 9.17) is 0 Å². The fourth-order valence-electron chi connectivity index (χ4n) is 2.74. The molecule has 1 heterocycles. The van der Waals surface area contributed by atoms with Crippen LogP contribution in [0.1, 0.15) is 68.3 Å². The Labute approximate surface area is 150 Å². The Balaban J connectivity index is 1.55. The average molecular weight is 346 g/mol. The van der Waals surface area contributed by atoms with Gasteiger partial charge in [0, 0.05) is 6.54 Å². The summed E-state index contributed by atoms with van der Waals surface area (Å²) < 4.78 is 1.77. The maximum atomic E-state index is 12.1. The van der Waals surface area contributed by atoms with E-state index in [1.807, 2.05) is 0 Å². The van der Waals surface area contributed by atoms with Crippen molar-refractivity contribution in [2.24, 2.45) is 0 Å². The molecule has 0 N–H and O–H groups in total. The number of ketones is 1. The van der Waals surface area contributed by atoms with Crippen molar-refractivity contribution >= 4 is 18.4 Å². The van der Waals surface area contributed by atoms with Crippen molar-refractivity contribution in [3.63, 3.8) is 0 Å². The molecule has 0 aromatic carbocycles. The van der Waals surface area contributed by atoms with Gasteiger partial charge in [-0.05, 0) is 30.7 Å². The summed E-state index contributed by atoms with van der Waals surface area (Å²) in [4.78, 5) is 12.1. The topological polar surface area (TPSA) is 47.8 Å². The van der Waals surface area contributed by atoms with Crippen LogP contribution in [-0.4, -0.2) is 26.5 Å². The molecule has 2 rings (SSSR count). The molecule has 0 amide bonds. The van der Waals surface area contributed by atoms with E-state index in [0.717, 1.165) is 18.7 Å². The Morgan fingerprint density at radius 3 is 2.33 bits per heavy atom. The number of unbranched alkanes of at least 4 members (excludes halogenated alkanes) is 8. The Bertz CT molecular complexity index is 612. The number of rotatable bonds is 13. The van der Waals surface area contributed by atoms with Crippen molar-refractivity contribution < 1.29 is 4.79 Å². The second kappa shape index (κ2) is 11.1. The number of carbonyl (C=O) groups is 1. The lowest BCUT2D eigenvalue weighted by Gasteiger charge is -2.02. The first-order valence-electron chi connectivity index (χ1n) is 9.00. The molecule has 4 nitrogen and oxygen atoms in total. The van der Waals surface area contributed by atoms with E-state index < -0.39 is 0 Å². The zero-order chi connectivity index (χ0) is 17.0. The molecule has 0 spiro atoms. The number of Topliss-reactive ketones (excluding diaryl/α,β-unsaturated/α-hetero) is 1. The fraction of sp³-hybridized carbons (Fsp3) is 0.579. The third kappa shape index (κ3) is 6.50. The smallest absolute Gasteiger partial charge is 0.222 e. The molecule has 0 saturated heterocycles. The molecule has 1 aromatic heterocycles. The molecule has 0 unspecified atom stereocenters. The van der Waals surface area contributed by atoms with Crippen LogP contribution in [0.15, 0.2) is 35.7 Å². The van der Waals surface area contributed by atoms with Crippen molar-refractivity contribution in [3.05, 3.63) is 41.4 Å². The van der Waals surface area contributed by atoms with Crippen molar-refractivity contribution in [3.8, 4) is 0 Å². The number of nitrogens with zero attached hydrogens (tertiary/aromatic N) is 3. The summed E-state index contributed by atoms with van der Waals surface area (Å²) in [6.45, 7) is 0.826. The number of hydrogen-bond acceptors (Lipinski definition) is 4. The molecule has 5 heteroatoms. The molecule has 1 aliphatic rings. The van der Waals surface area contributed by atoms with Crippen LogP contribution in [0.2, 0.25) is 0 Å². The lowest BCUT2D eigenvalue weighted by molar-refractivity contribution is 0.103. The van der Waals surface area contributed by atoms with Gasteiger partial charge in [-0.15, -0.1) is 10.8 Å². The van der Waals surface area contributed by atoms with Gasteiger partial charge in [0.25, 0.3) is 0 Å². The lowest BCUT2D eigenvalue weighted by Crippen LogP contribution is -2.01. The van der Waals surface area contributed by atoms with E-state index >= 15 is 0 Å². The molecule has 0 radical (unpaired) electrons. The van der Waals surface area contributed by atoms with Crippen molar-refractivity contribution in [1.82, 2.24) is 15.0 Å². The Morgan fingerprint density at radius 2 is 1.71 bits per heavy atom. The highest BCUT2D eigenvalue weighted by atomic mass is 32.1. The van der Waals surface area contributed by atoms with Crippen LogP contribution >= 0.6 is 12.6 Å². The monoisotopic (exact) mass is 345 g/mol. The first kappa shape index (κ1) is 18.8. The van der Waals surface area contributed by atoms with Gasteiger partial charge in [-0.2, -0.15) is 12.6 Å². The number of carbonyl (C=O) groups excluding carboxylic acids is 1. The van der Waals surface area contributed by atoms with Gasteiger partial charge in [0.15, 0.2) is 5.69 Å². The maximum Gasteiger partial charge on any atom is 0.222 e. The highest BCUT2D eigenvalue weighted by Gasteiger charge is 2.14. The quantitative estimate of drug-likeness (QED) is 0.247. The van der Waals surface area contributed by atoms with Gasteiger partial charge < -0.3 is 0 Å². The van der Waals surface area contributed by atoms with Crippen LogP contribution in [0.4, 0.5) is 0 Å². The minimum absolute atomic E-state index is 0.107.